The molecule has 1 N–H and O–H groups in total. The van der Waals surface area contributed by atoms with E-state index in [1.54, 1.807) is 42.5 Å². The molecule has 3 rings (SSSR count). The molecule has 0 saturated heterocycles. The van der Waals surface area contributed by atoms with Crippen molar-refractivity contribution in [2.75, 3.05) is 19.0 Å². The van der Waals surface area contributed by atoms with Crippen molar-refractivity contribution in [3.05, 3.63) is 59.7 Å². The summed E-state index contributed by atoms with van der Waals surface area (Å²) in [6.07, 6.45) is -5.48. The first kappa shape index (κ1) is 16.2. The third-order valence-electron chi connectivity index (χ3n) is 3.81. The minimum Gasteiger partial charge on any atom is -0.496 e. The molecule has 0 bridgehead atoms. The number of methoxy groups -OCH3 is 1. The van der Waals surface area contributed by atoms with E-state index in [9.17, 15) is 18.0 Å². The Morgan fingerprint density at radius 1 is 1.12 bits per heavy atom. The van der Waals surface area contributed by atoms with Gasteiger partial charge in [-0.15, -0.1) is 0 Å². The SMILES string of the molecule is COc1ccccc1C1Nc2ccccc2C(=O)N1CC(F)(F)F. The Morgan fingerprint density at radius 2 is 1.79 bits per heavy atom. The number of nitrogens with one attached hydrogen (secondary N) is 1. The molecule has 126 valence electrons. The highest BCUT2D eigenvalue weighted by Gasteiger charge is 2.41. The lowest BCUT2D eigenvalue weighted by molar-refractivity contribution is -0.144. The summed E-state index contributed by atoms with van der Waals surface area (Å²) in [7, 11) is 1.44. The summed E-state index contributed by atoms with van der Waals surface area (Å²) in [6.45, 7) is -1.35. The van der Waals surface area contributed by atoms with Gasteiger partial charge in [-0.2, -0.15) is 13.2 Å². The van der Waals surface area contributed by atoms with Crippen LogP contribution in [0.4, 0.5) is 18.9 Å². The number of para-hydroxylation sites is 2. The molecule has 1 amide bonds. The van der Waals surface area contributed by atoms with E-state index in [1.807, 2.05) is 0 Å². The van der Waals surface area contributed by atoms with Crippen LogP contribution in [0.2, 0.25) is 0 Å². The molecule has 4 nitrogen and oxygen atoms in total. The van der Waals surface area contributed by atoms with E-state index in [2.05, 4.69) is 5.32 Å². The van der Waals surface area contributed by atoms with Crippen LogP contribution in [0.5, 0.6) is 5.75 Å². The number of rotatable bonds is 3. The summed E-state index contributed by atoms with van der Waals surface area (Å²) in [6, 6.07) is 13.2. The van der Waals surface area contributed by atoms with E-state index in [4.69, 9.17) is 4.74 Å². The lowest BCUT2D eigenvalue weighted by Crippen LogP contribution is -2.47. The third-order valence-corrected chi connectivity index (χ3v) is 3.81. The van der Waals surface area contributed by atoms with Gasteiger partial charge in [-0.25, -0.2) is 0 Å². The maximum atomic E-state index is 13.0. The van der Waals surface area contributed by atoms with Gasteiger partial charge in [-0.05, 0) is 18.2 Å². The van der Waals surface area contributed by atoms with Crippen LogP contribution in [0.3, 0.4) is 0 Å². The monoisotopic (exact) mass is 336 g/mol. The van der Waals surface area contributed by atoms with Crippen molar-refractivity contribution >= 4 is 11.6 Å². The van der Waals surface area contributed by atoms with Gasteiger partial charge in [0.2, 0.25) is 0 Å². The second kappa shape index (κ2) is 6.07. The van der Waals surface area contributed by atoms with Gasteiger partial charge in [0.25, 0.3) is 5.91 Å². The first-order chi connectivity index (χ1) is 11.4. The molecular weight excluding hydrogens is 321 g/mol. The largest absolute Gasteiger partial charge is 0.496 e. The molecule has 1 aliphatic rings. The number of carbonyl (C=O) groups is 1. The van der Waals surface area contributed by atoms with Gasteiger partial charge < -0.3 is 15.0 Å². The number of alkyl halides is 3. The molecule has 0 radical (unpaired) electrons. The lowest BCUT2D eigenvalue weighted by atomic mass is 10.0. The maximum Gasteiger partial charge on any atom is 0.406 e. The van der Waals surface area contributed by atoms with E-state index < -0.39 is 24.8 Å². The van der Waals surface area contributed by atoms with E-state index in [0.717, 1.165) is 4.90 Å². The Labute approximate surface area is 136 Å². The van der Waals surface area contributed by atoms with Crippen LogP contribution in [-0.4, -0.2) is 30.6 Å². The quantitative estimate of drug-likeness (QED) is 0.926. The molecule has 0 fully saturated rings. The van der Waals surface area contributed by atoms with E-state index >= 15 is 0 Å². The second-order valence-electron chi connectivity index (χ2n) is 5.38. The Bertz CT molecular complexity index is 761. The van der Waals surface area contributed by atoms with Crippen LogP contribution in [-0.2, 0) is 0 Å². The zero-order valence-corrected chi connectivity index (χ0v) is 12.8. The highest BCUT2D eigenvalue weighted by Crippen LogP contribution is 2.38. The van der Waals surface area contributed by atoms with Gasteiger partial charge in [0.1, 0.15) is 18.5 Å². The fourth-order valence-corrected chi connectivity index (χ4v) is 2.79. The van der Waals surface area contributed by atoms with Gasteiger partial charge >= 0.3 is 6.18 Å². The number of ether oxygens (including phenoxy) is 1. The number of carbonyl (C=O) groups excluding carboxylic acids is 1. The number of fused-ring (bicyclic) bond motifs is 1. The van der Waals surface area contributed by atoms with Gasteiger partial charge in [0, 0.05) is 11.3 Å². The van der Waals surface area contributed by atoms with E-state index in [0.29, 0.717) is 17.0 Å². The van der Waals surface area contributed by atoms with Crippen molar-refractivity contribution in [3.8, 4) is 5.75 Å². The van der Waals surface area contributed by atoms with E-state index in [-0.39, 0.29) is 5.56 Å². The van der Waals surface area contributed by atoms with Gasteiger partial charge in [-0.3, -0.25) is 4.79 Å². The molecule has 1 unspecified atom stereocenters. The number of amides is 1. The van der Waals surface area contributed by atoms with Crippen LogP contribution < -0.4 is 10.1 Å². The number of anilines is 1. The van der Waals surface area contributed by atoms with Crippen molar-refractivity contribution in [3.63, 3.8) is 0 Å². The summed E-state index contributed by atoms with van der Waals surface area (Å²) >= 11 is 0. The number of hydrogen-bond donors (Lipinski definition) is 1. The molecule has 2 aromatic carbocycles. The molecular formula is C17H15F3N2O2. The summed E-state index contributed by atoms with van der Waals surface area (Å²) in [4.78, 5) is 13.4. The number of hydrogen-bond acceptors (Lipinski definition) is 3. The molecule has 0 aromatic heterocycles. The lowest BCUT2D eigenvalue weighted by Gasteiger charge is -2.38. The smallest absolute Gasteiger partial charge is 0.406 e. The molecule has 0 spiro atoms. The molecule has 1 atom stereocenters. The van der Waals surface area contributed by atoms with Crippen molar-refractivity contribution in [1.29, 1.82) is 0 Å². The molecule has 0 saturated carbocycles. The number of halogens is 3. The topological polar surface area (TPSA) is 41.6 Å². The van der Waals surface area contributed by atoms with Crippen LogP contribution >= 0.6 is 0 Å². The molecule has 1 heterocycles. The first-order valence-corrected chi connectivity index (χ1v) is 7.27. The van der Waals surface area contributed by atoms with Crippen molar-refractivity contribution < 1.29 is 22.7 Å². The fourth-order valence-electron chi connectivity index (χ4n) is 2.79. The highest BCUT2D eigenvalue weighted by atomic mass is 19.4. The predicted octanol–water partition coefficient (Wildman–Crippen LogP) is 3.82. The van der Waals surface area contributed by atoms with Gasteiger partial charge in [0.15, 0.2) is 0 Å². The van der Waals surface area contributed by atoms with Crippen LogP contribution in [0.1, 0.15) is 22.1 Å². The van der Waals surface area contributed by atoms with Crippen molar-refractivity contribution in [1.82, 2.24) is 4.90 Å². The second-order valence-corrected chi connectivity index (χ2v) is 5.38. The first-order valence-electron chi connectivity index (χ1n) is 7.27. The highest BCUT2D eigenvalue weighted by molar-refractivity contribution is 6.01. The maximum absolute atomic E-state index is 13.0. The standard InChI is InChI=1S/C17H15F3N2O2/c1-24-14-9-5-3-7-12(14)15-21-13-8-4-2-6-11(13)16(23)22(15)10-17(18,19)20/h2-9,15,21H,10H2,1H3. The summed E-state index contributed by atoms with van der Waals surface area (Å²) < 4.78 is 44.3. The minimum absolute atomic E-state index is 0.216. The summed E-state index contributed by atoms with van der Waals surface area (Å²) in [5, 5.41) is 3.02. The fraction of sp³-hybridized carbons (Fsp3) is 0.235. The Hall–Kier alpha value is -2.70. The average molecular weight is 336 g/mol. The van der Waals surface area contributed by atoms with Crippen molar-refractivity contribution in [2.24, 2.45) is 0 Å². The number of benzene rings is 2. The van der Waals surface area contributed by atoms with Gasteiger partial charge in [-0.1, -0.05) is 30.3 Å². The average Bonchev–Trinajstić information content (AvgIpc) is 2.56. The molecule has 24 heavy (non-hydrogen) atoms. The Morgan fingerprint density at radius 3 is 2.50 bits per heavy atom. The summed E-state index contributed by atoms with van der Waals surface area (Å²) in [5.74, 6) is -0.257. The Balaban J connectivity index is 2.09. The van der Waals surface area contributed by atoms with E-state index in [1.165, 1.54) is 13.2 Å². The third kappa shape index (κ3) is 3.02. The normalized spacial score (nSPS) is 17.2. The zero-order chi connectivity index (χ0) is 17.3. The zero-order valence-electron chi connectivity index (χ0n) is 12.8. The number of nitrogens with zero attached hydrogens (tertiary/aromatic N) is 1. The van der Waals surface area contributed by atoms with Crippen molar-refractivity contribution in [2.45, 2.75) is 12.3 Å². The van der Waals surface area contributed by atoms with Crippen LogP contribution in [0.15, 0.2) is 48.5 Å². The molecule has 1 aliphatic heterocycles. The minimum atomic E-state index is -4.51. The predicted molar refractivity (Wildman–Crippen MR) is 82.9 cm³/mol. The van der Waals surface area contributed by atoms with Gasteiger partial charge in [0.05, 0.1) is 12.7 Å². The van der Waals surface area contributed by atoms with Crippen LogP contribution in [0.25, 0.3) is 0 Å². The van der Waals surface area contributed by atoms with Crippen LogP contribution in [0, 0.1) is 0 Å². The molecule has 7 heteroatoms. The molecule has 2 aromatic rings. The Kier molecular flexibility index (Phi) is 4.09. The molecule has 0 aliphatic carbocycles. The summed E-state index contributed by atoms with van der Waals surface area (Å²) in [5.41, 5.74) is 1.18.